The van der Waals surface area contributed by atoms with Crippen LogP contribution in [0.3, 0.4) is 0 Å². The third-order valence-corrected chi connectivity index (χ3v) is 6.32. The van der Waals surface area contributed by atoms with Crippen LogP contribution in [0.5, 0.6) is 11.5 Å². The molecule has 1 N–H and O–H groups in total. The maximum atomic E-state index is 13.3. The summed E-state index contributed by atoms with van der Waals surface area (Å²) in [4.78, 5) is 42.2. The van der Waals surface area contributed by atoms with Crippen LogP contribution in [0, 0.1) is 5.92 Å². The minimum atomic E-state index is -0.802. The summed E-state index contributed by atoms with van der Waals surface area (Å²) in [6, 6.07) is 4.15. The molecule has 0 bridgehead atoms. The second kappa shape index (κ2) is 11.9. The molecule has 0 aromatic heterocycles. The average Bonchev–Trinajstić information content (AvgIpc) is 2.86. The van der Waals surface area contributed by atoms with Gasteiger partial charge in [-0.2, -0.15) is 0 Å². The Hall–Kier alpha value is -3.27. The highest BCUT2D eigenvalue weighted by molar-refractivity contribution is 5.95. The molecule has 1 aromatic carbocycles. The van der Waals surface area contributed by atoms with Crippen LogP contribution in [0.25, 0.3) is 0 Å². The number of likely N-dealkylation sites (N-methyl/N-ethyl adjacent to an activating group) is 1. The summed E-state index contributed by atoms with van der Waals surface area (Å²) in [5.41, 5.74) is 1.42. The van der Waals surface area contributed by atoms with Crippen LogP contribution >= 0.6 is 0 Å². The summed E-state index contributed by atoms with van der Waals surface area (Å²) in [5, 5.41) is 2.91. The smallest absolute Gasteiger partial charge is 0.338 e. The van der Waals surface area contributed by atoms with E-state index in [0.29, 0.717) is 48.0 Å². The Balaban J connectivity index is 2.05. The lowest BCUT2D eigenvalue weighted by Crippen LogP contribution is -2.50. The van der Waals surface area contributed by atoms with Crippen molar-refractivity contribution in [2.45, 2.75) is 32.7 Å². The molecule has 0 saturated carbocycles. The van der Waals surface area contributed by atoms with Crippen molar-refractivity contribution in [2.75, 3.05) is 54.1 Å². The molecule has 3 rings (SSSR count). The number of rotatable bonds is 9. The van der Waals surface area contributed by atoms with Crippen LogP contribution < -0.4 is 14.8 Å². The molecular weight excluding hydrogens is 454 g/mol. The lowest BCUT2D eigenvalue weighted by molar-refractivity contribution is -0.150. The number of nitrogens with zero attached hydrogens (tertiary/aromatic N) is 2. The van der Waals surface area contributed by atoms with Gasteiger partial charge in [-0.15, -0.1) is 0 Å². The molecule has 2 amide bonds. The first kappa shape index (κ1) is 26.3. The Bertz CT molecular complexity index is 978. The van der Waals surface area contributed by atoms with Gasteiger partial charge >= 0.3 is 18.0 Å². The van der Waals surface area contributed by atoms with E-state index in [1.807, 2.05) is 0 Å². The zero-order valence-corrected chi connectivity index (χ0v) is 21.1. The van der Waals surface area contributed by atoms with Crippen LogP contribution in [-0.2, 0) is 19.1 Å². The van der Waals surface area contributed by atoms with E-state index in [-0.39, 0.29) is 24.5 Å². The lowest BCUT2D eigenvalue weighted by atomic mass is 9.92. The van der Waals surface area contributed by atoms with E-state index < -0.39 is 12.0 Å². The Morgan fingerprint density at radius 1 is 1.11 bits per heavy atom. The van der Waals surface area contributed by atoms with Crippen LogP contribution in [0.2, 0.25) is 0 Å². The third-order valence-electron chi connectivity index (χ3n) is 6.32. The number of hydrogen-bond acceptors (Lipinski definition) is 8. The van der Waals surface area contributed by atoms with Crippen molar-refractivity contribution in [1.82, 2.24) is 15.1 Å². The zero-order chi connectivity index (χ0) is 25.5. The molecule has 35 heavy (non-hydrogen) atoms. The fourth-order valence-corrected chi connectivity index (χ4v) is 4.63. The highest BCUT2D eigenvalue weighted by Crippen LogP contribution is 2.40. The highest BCUT2D eigenvalue weighted by atomic mass is 16.5. The molecule has 0 spiro atoms. The minimum absolute atomic E-state index is 0.184. The monoisotopic (exact) mass is 489 g/mol. The molecule has 0 radical (unpaired) electrons. The fraction of sp³-hybridized carbons (Fsp3) is 0.560. The van der Waals surface area contributed by atoms with E-state index in [1.165, 1.54) is 19.1 Å². The van der Waals surface area contributed by atoms with Gasteiger partial charge in [0.05, 0.1) is 45.0 Å². The van der Waals surface area contributed by atoms with Crippen LogP contribution in [-0.4, -0.2) is 81.9 Å². The van der Waals surface area contributed by atoms with E-state index in [2.05, 4.69) is 10.2 Å². The van der Waals surface area contributed by atoms with Crippen LogP contribution in [0.1, 0.15) is 38.3 Å². The molecule has 2 aliphatic rings. The van der Waals surface area contributed by atoms with E-state index in [1.54, 1.807) is 39.1 Å². The lowest BCUT2D eigenvalue weighted by Gasteiger charge is -2.38. The van der Waals surface area contributed by atoms with Crippen LogP contribution in [0.15, 0.2) is 29.5 Å². The summed E-state index contributed by atoms with van der Waals surface area (Å²) >= 11 is 0. The quantitative estimate of drug-likeness (QED) is 0.528. The van der Waals surface area contributed by atoms with Gasteiger partial charge in [0.2, 0.25) is 0 Å². The van der Waals surface area contributed by atoms with Crippen molar-refractivity contribution in [1.29, 1.82) is 0 Å². The highest BCUT2D eigenvalue weighted by Gasteiger charge is 2.39. The predicted molar refractivity (Wildman–Crippen MR) is 128 cm³/mol. The first-order valence-corrected chi connectivity index (χ1v) is 11.9. The normalized spacial score (nSPS) is 20.8. The largest absolute Gasteiger partial charge is 0.493 e. The Morgan fingerprint density at radius 3 is 2.51 bits per heavy atom. The summed E-state index contributed by atoms with van der Waals surface area (Å²) in [7, 11) is 4.66. The molecule has 10 heteroatoms. The molecule has 1 fully saturated rings. The standard InChI is InChI=1S/C25H35N3O7/c1-6-34-23(29)16-10-9-13-28(14-16)15-18-20(24(30)35-7-2)21(26-25(31)27(18)3)17-11-8-12-19(32-4)22(17)33-5/h8,11-12,16,21H,6-7,9-10,13-15H2,1-5H3,(H,26,31)/t16-,21-/m1/s1. The van der Waals surface area contributed by atoms with Crippen molar-refractivity contribution in [2.24, 2.45) is 5.92 Å². The number of carbonyl (C=O) groups is 3. The number of likely N-dealkylation sites (tertiary alicyclic amines) is 1. The molecule has 0 unspecified atom stereocenters. The number of carbonyl (C=O) groups excluding carboxylic acids is 3. The molecule has 2 atom stereocenters. The van der Waals surface area contributed by atoms with Gasteiger partial charge in [-0.05, 0) is 39.3 Å². The van der Waals surface area contributed by atoms with Crippen molar-refractivity contribution < 1.29 is 33.3 Å². The minimum Gasteiger partial charge on any atom is -0.493 e. The van der Waals surface area contributed by atoms with Gasteiger partial charge in [-0.3, -0.25) is 14.6 Å². The van der Waals surface area contributed by atoms with Gasteiger partial charge in [-0.25, -0.2) is 9.59 Å². The number of ether oxygens (including phenoxy) is 4. The number of methoxy groups -OCH3 is 2. The number of benzene rings is 1. The van der Waals surface area contributed by atoms with Gasteiger partial charge in [0.15, 0.2) is 11.5 Å². The Kier molecular flexibility index (Phi) is 8.97. The number of esters is 2. The molecule has 1 aromatic rings. The maximum absolute atomic E-state index is 13.3. The van der Waals surface area contributed by atoms with E-state index >= 15 is 0 Å². The molecular formula is C25H35N3O7. The molecule has 192 valence electrons. The topological polar surface area (TPSA) is 107 Å². The molecule has 0 aliphatic carbocycles. The number of piperidine rings is 1. The van der Waals surface area contributed by atoms with Crippen LogP contribution in [0.4, 0.5) is 4.79 Å². The first-order chi connectivity index (χ1) is 16.9. The van der Waals surface area contributed by atoms with E-state index in [9.17, 15) is 14.4 Å². The van der Waals surface area contributed by atoms with Gasteiger partial charge in [0.1, 0.15) is 0 Å². The van der Waals surface area contributed by atoms with Crippen molar-refractivity contribution >= 4 is 18.0 Å². The second-order valence-electron chi connectivity index (χ2n) is 8.43. The number of amides is 2. The number of urea groups is 1. The Morgan fingerprint density at radius 2 is 1.86 bits per heavy atom. The summed E-state index contributed by atoms with van der Waals surface area (Å²) in [6.45, 7) is 5.57. The molecule has 10 nitrogen and oxygen atoms in total. The van der Waals surface area contributed by atoms with Gasteiger partial charge in [0.25, 0.3) is 0 Å². The summed E-state index contributed by atoms with van der Waals surface area (Å²) in [5.74, 6) is -0.0800. The average molecular weight is 490 g/mol. The van der Waals surface area contributed by atoms with Gasteiger partial charge < -0.3 is 24.3 Å². The SMILES string of the molecule is CCOC(=O)C1=C(CN2CCC[C@@H](C(=O)OCC)C2)N(C)C(=O)N[C@@H]1c1cccc(OC)c1OC. The van der Waals surface area contributed by atoms with E-state index in [4.69, 9.17) is 18.9 Å². The maximum Gasteiger partial charge on any atom is 0.338 e. The second-order valence-corrected chi connectivity index (χ2v) is 8.43. The van der Waals surface area contributed by atoms with E-state index in [0.717, 1.165) is 19.4 Å². The third kappa shape index (κ3) is 5.70. The predicted octanol–water partition coefficient (Wildman–Crippen LogP) is 2.49. The molecule has 2 heterocycles. The number of nitrogens with one attached hydrogen (secondary N) is 1. The zero-order valence-electron chi connectivity index (χ0n) is 21.1. The number of hydrogen-bond donors (Lipinski definition) is 1. The fourth-order valence-electron chi connectivity index (χ4n) is 4.63. The first-order valence-electron chi connectivity index (χ1n) is 11.9. The van der Waals surface area contributed by atoms with Gasteiger partial charge in [0, 0.05) is 31.4 Å². The van der Waals surface area contributed by atoms with Crippen molar-refractivity contribution in [3.05, 3.63) is 35.0 Å². The Labute approximate surface area is 206 Å². The van der Waals surface area contributed by atoms with Crippen molar-refractivity contribution in [3.8, 4) is 11.5 Å². The number of para-hydroxylation sites is 1. The molecule has 1 saturated heterocycles. The summed E-state index contributed by atoms with van der Waals surface area (Å²) in [6.07, 6.45) is 1.56. The summed E-state index contributed by atoms with van der Waals surface area (Å²) < 4.78 is 21.7. The van der Waals surface area contributed by atoms with Crippen molar-refractivity contribution in [3.63, 3.8) is 0 Å². The van der Waals surface area contributed by atoms with Gasteiger partial charge in [-0.1, -0.05) is 12.1 Å². The molecule has 2 aliphatic heterocycles.